The summed E-state index contributed by atoms with van der Waals surface area (Å²) in [5.41, 5.74) is 6.35. The van der Waals surface area contributed by atoms with E-state index in [2.05, 4.69) is 126 Å². The maximum atomic E-state index is 3.75. The molecule has 2 aliphatic rings. The summed E-state index contributed by atoms with van der Waals surface area (Å²) in [7, 11) is 0. The molecule has 0 heterocycles. The molecule has 0 saturated carbocycles. The van der Waals surface area contributed by atoms with Gasteiger partial charge in [-0.3, -0.25) is 0 Å². The Bertz CT molecular complexity index is 951. The molecule has 28 heavy (non-hydrogen) atoms. The molecule has 0 saturated heterocycles. The van der Waals surface area contributed by atoms with Gasteiger partial charge in [-0.2, -0.15) is 0 Å². The zero-order chi connectivity index (χ0) is 19.5. The lowest BCUT2D eigenvalue weighted by atomic mass is 9.91. The van der Waals surface area contributed by atoms with Crippen molar-refractivity contribution in [3.63, 3.8) is 0 Å². The highest BCUT2D eigenvalue weighted by Gasteiger charge is 2.22. The van der Waals surface area contributed by atoms with Crippen LogP contribution in [0.1, 0.15) is 30.4 Å². The number of hydrogen-bond donors (Lipinski definition) is 0. The first-order chi connectivity index (χ1) is 13.6. The van der Waals surface area contributed by atoms with E-state index in [1.54, 1.807) is 0 Å². The van der Waals surface area contributed by atoms with Crippen LogP contribution in [0.5, 0.6) is 0 Å². The van der Waals surface area contributed by atoms with Gasteiger partial charge in [0.25, 0.3) is 0 Å². The van der Waals surface area contributed by atoms with E-state index in [4.69, 9.17) is 0 Å². The number of rotatable bonds is 4. The maximum absolute atomic E-state index is 3.75. The first-order valence-corrected chi connectivity index (χ1v) is 10.9. The highest BCUT2D eigenvalue weighted by molar-refractivity contribution is 9.09. The van der Waals surface area contributed by atoms with E-state index in [-0.39, 0.29) is 0 Å². The summed E-state index contributed by atoms with van der Waals surface area (Å²) in [6.07, 6.45) is 14.9. The van der Waals surface area contributed by atoms with E-state index in [1.807, 2.05) is 0 Å². The number of halogens is 1. The highest BCUT2D eigenvalue weighted by Crippen LogP contribution is 2.35. The van der Waals surface area contributed by atoms with Gasteiger partial charge in [-0.25, -0.2) is 0 Å². The van der Waals surface area contributed by atoms with Gasteiger partial charge in [-0.05, 0) is 54.7 Å². The Balaban J connectivity index is 1.67. The molecule has 0 aliphatic heterocycles. The average molecular weight is 432 g/mol. The standard InChI is InChI=1S/C26H26BrN/c1-19-7-6-10-24(17-19)28(25-15-16-26(27)20(2)18-25)23-13-11-22(12-14-23)21-8-4-3-5-9-21/h3-11,13-18,20,22,26H,12H2,1-2H3/t20-,22-,26?/m1/s1. The zero-order valence-electron chi connectivity index (χ0n) is 16.4. The monoisotopic (exact) mass is 431 g/mol. The van der Waals surface area contributed by atoms with Gasteiger partial charge in [0.15, 0.2) is 0 Å². The lowest BCUT2D eigenvalue weighted by Crippen LogP contribution is -2.25. The second-order valence-electron chi connectivity index (χ2n) is 7.67. The molecule has 0 bridgehead atoms. The Morgan fingerprint density at radius 3 is 2.39 bits per heavy atom. The van der Waals surface area contributed by atoms with E-state index in [9.17, 15) is 0 Å². The van der Waals surface area contributed by atoms with Crippen LogP contribution >= 0.6 is 15.9 Å². The summed E-state index contributed by atoms with van der Waals surface area (Å²) in [5.74, 6) is 0.906. The van der Waals surface area contributed by atoms with E-state index < -0.39 is 0 Å². The summed E-state index contributed by atoms with van der Waals surface area (Å²) in [4.78, 5) is 2.78. The molecule has 0 aromatic heterocycles. The number of benzene rings is 2. The minimum atomic E-state index is 0.397. The largest absolute Gasteiger partial charge is 0.311 e. The molecule has 4 rings (SSSR count). The fourth-order valence-corrected chi connectivity index (χ4v) is 4.17. The van der Waals surface area contributed by atoms with Crippen LogP contribution in [-0.2, 0) is 0 Å². The SMILES string of the molecule is Cc1cccc(N(C2=CC[C@H](c3ccccc3)C=C2)C2=C[C@@H](C)C(Br)C=C2)c1. The fraction of sp³-hybridized carbons (Fsp3) is 0.231. The molecular formula is C26H26BrN. The summed E-state index contributed by atoms with van der Waals surface area (Å²) in [6, 6.07) is 19.5. The number of alkyl halides is 1. The van der Waals surface area contributed by atoms with Crippen molar-refractivity contribution in [2.75, 3.05) is 4.90 Å². The predicted molar refractivity (Wildman–Crippen MR) is 124 cm³/mol. The minimum absolute atomic E-state index is 0.397. The van der Waals surface area contributed by atoms with E-state index in [0.29, 0.717) is 16.7 Å². The van der Waals surface area contributed by atoms with Gasteiger partial charge in [-0.15, -0.1) is 0 Å². The molecule has 3 atom stereocenters. The first-order valence-electron chi connectivity index (χ1n) is 9.96. The first kappa shape index (κ1) is 19.0. The van der Waals surface area contributed by atoms with Gasteiger partial charge in [0.1, 0.15) is 0 Å². The van der Waals surface area contributed by atoms with Crippen molar-refractivity contribution in [3.05, 3.63) is 114 Å². The molecule has 142 valence electrons. The highest BCUT2D eigenvalue weighted by atomic mass is 79.9. The molecule has 2 aliphatic carbocycles. The van der Waals surface area contributed by atoms with Crippen molar-refractivity contribution in [3.8, 4) is 0 Å². The van der Waals surface area contributed by atoms with Gasteiger partial charge in [0, 0.05) is 27.8 Å². The second-order valence-corrected chi connectivity index (χ2v) is 8.73. The number of hydrogen-bond acceptors (Lipinski definition) is 1. The third-order valence-corrected chi connectivity index (χ3v) is 6.61. The molecule has 0 N–H and O–H groups in total. The van der Waals surface area contributed by atoms with Crippen molar-refractivity contribution in [2.45, 2.75) is 31.0 Å². The lowest BCUT2D eigenvalue weighted by Gasteiger charge is -2.32. The second kappa shape index (κ2) is 8.36. The summed E-state index contributed by atoms with van der Waals surface area (Å²) in [6.45, 7) is 4.41. The third kappa shape index (κ3) is 4.07. The van der Waals surface area contributed by atoms with Crippen molar-refractivity contribution in [1.82, 2.24) is 0 Å². The average Bonchev–Trinajstić information content (AvgIpc) is 2.72. The van der Waals surface area contributed by atoms with Crippen LogP contribution in [0.15, 0.2) is 102 Å². The molecule has 0 radical (unpaired) electrons. The summed E-state index contributed by atoms with van der Waals surface area (Å²) in [5, 5.41) is 0. The predicted octanol–water partition coefficient (Wildman–Crippen LogP) is 7.28. The van der Waals surface area contributed by atoms with E-state index in [1.165, 1.54) is 28.2 Å². The van der Waals surface area contributed by atoms with Gasteiger partial charge in [0.2, 0.25) is 0 Å². The van der Waals surface area contributed by atoms with Crippen molar-refractivity contribution in [1.29, 1.82) is 0 Å². The third-order valence-electron chi connectivity index (χ3n) is 5.47. The topological polar surface area (TPSA) is 3.24 Å². The van der Waals surface area contributed by atoms with Crippen LogP contribution in [0.2, 0.25) is 0 Å². The number of nitrogens with zero attached hydrogens (tertiary/aromatic N) is 1. The Kier molecular flexibility index (Phi) is 5.68. The Labute approximate surface area is 176 Å². The molecule has 2 heteroatoms. The Morgan fingerprint density at radius 1 is 0.929 bits per heavy atom. The molecule has 1 unspecified atom stereocenters. The summed E-state index contributed by atoms with van der Waals surface area (Å²) >= 11 is 3.75. The number of aryl methyl sites for hydroxylation is 1. The molecule has 2 aromatic carbocycles. The van der Waals surface area contributed by atoms with Crippen LogP contribution in [-0.4, -0.2) is 4.83 Å². The Hall–Kier alpha value is -2.32. The molecule has 0 fully saturated rings. The normalized spacial score (nSPS) is 23.9. The van der Waals surface area contributed by atoms with Crippen LogP contribution in [0.3, 0.4) is 0 Å². The van der Waals surface area contributed by atoms with Gasteiger partial charge < -0.3 is 4.90 Å². The lowest BCUT2D eigenvalue weighted by molar-refractivity contribution is 0.748. The van der Waals surface area contributed by atoms with Gasteiger partial charge >= 0.3 is 0 Å². The van der Waals surface area contributed by atoms with E-state index >= 15 is 0 Å². The quantitative estimate of drug-likeness (QED) is 0.459. The van der Waals surface area contributed by atoms with Crippen molar-refractivity contribution >= 4 is 21.6 Å². The zero-order valence-corrected chi connectivity index (χ0v) is 18.0. The van der Waals surface area contributed by atoms with Gasteiger partial charge in [0.05, 0.1) is 0 Å². The maximum Gasteiger partial charge on any atom is 0.0463 e. The minimum Gasteiger partial charge on any atom is -0.311 e. The molecule has 0 amide bonds. The number of anilines is 1. The number of allylic oxidation sites excluding steroid dienone is 6. The van der Waals surface area contributed by atoms with Crippen LogP contribution in [0.4, 0.5) is 5.69 Å². The van der Waals surface area contributed by atoms with Crippen LogP contribution in [0.25, 0.3) is 0 Å². The molecule has 0 spiro atoms. The molecular weight excluding hydrogens is 406 g/mol. The van der Waals surface area contributed by atoms with Gasteiger partial charge in [-0.1, -0.05) is 89.6 Å². The van der Waals surface area contributed by atoms with Crippen LogP contribution in [0, 0.1) is 12.8 Å². The van der Waals surface area contributed by atoms with E-state index in [0.717, 1.165) is 6.42 Å². The fourth-order valence-electron chi connectivity index (χ4n) is 3.87. The molecule has 1 nitrogen and oxygen atoms in total. The van der Waals surface area contributed by atoms with Crippen molar-refractivity contribution in [2.24, 2.45) is 5.92 Å². The van der Waals surface area contributed by atoms with Crippen LogP contribution < -0.4 is 4.90 Å². The summed E-state index contributed by atoms with van der Waals surface area (Å²) < 4.78 is 0. The van der Waals surface area contributed by atoms with Crippen molar-refractivity contribution < 1.29 is 0 Å². The Morgan fingerprint density at radius 2 is 1.71 bits per heavy atom. The smallest absolute Gasteiger partial charge is 0.0463 e. The molecule has 2 aromatic rings.